The third kappa shape index (κ3) is 4.53. The third-order valence-corrected chi connectivity index (χ3v) is 3.78. The van der Waals surface area contributed by atoms with Crippen molar-refractivity contribution in [1.29, 1.82) is 0 Å². The van der Waals surface area contributed by atoms with Gasteiger partial charge in [-0.25, -0.2) is 15.0 Å². The van der Waals surface area contributed by atoms with E-state index in [2.05, 4.69) is 25.6 Å². The second-order valence-corrected chi connectivity index (χ2v) is 5.93. The van der Waals surface area contributed by atoms with E-state index in [0.717, 1.165) is 17.2 Å². The van der Waals surface area contributed by atoms with E-state index >= 15 is 0 Å². The van der Waals surface area contributed by atoms with E-state index in [9.17, 15) is 0 Å². The molecule has 4 N–H and O–H groups in total. The minimum absolute atomic E-state index is 0.438. The highest BCUT2D eigenvalue weighted by atomic mass is 16.5. The van der Waals surface area contributed by atoms with Crippen molar-refractivity contribution in [1.82, 2.24) is 15.0 Å². The quantitative estimate of drug-likeness (QED) is 0.451. The van der Waals surface area contributed by atoms with Gasteiger partial charge in [-0.05, 0) is 36.4 Å². The minimum Gasteiger partial charge on any atom is -0.457 e. The molecule has 4 rings (SSSR count). The van der Waals surface area contributed by atoms with Crippen LogP contribution in [-0.2, 0) is 0 Å². The Hall–Kier alpha value is -4.13. The fraction of sp³-hybridized carbons (Fsp3) is 0. The lowest BCUT2D eigenvalue weighted by Crippen LogP contribution is -2.00. The van der Waals surface area contributed by atoms with Crippen LogP contribution >= 0.6 is 0 Å². The van der Waals surface area contributed by atoms with E-state index < -0.39 is 0 Å². The standard InChI is InChI=1S/C21H18N6O/c22-18-10-5-11-19(26-18)27-21-13-20(23-14-24-21)25-15-6-4-9-17(12-15)28-16-7-2-1-3-8-16/h1-14H,(H4,22,23,24,25,26,27). The Morgan fingerprint density at radius 2 is 1.43 bits per heavy atom. The number of nitrogens with one attached hydrogen (secondary N) is 2. The zero-order valence-electron chi connectivity index (χ0n) is 14.9. The molecule has 4 aromatic rings. The average Bonchev–Trinajstić information content (AvgIpc) is 2.69. The molecule has 2 aromatic heterocycles. The van der Waals surface area contributed by atoms with Gasteiger partial charge in [-0.2, -0.15) is 0 Å². The van der Waals surface area contributed by atoms with E-state index in [-0.39, 0.29) is 0 Å². The highest BCUT2D eigenvalue weighted by Crippen LogP contribution is 2.26. The van der Waals surface area contributed by atoms with Crippen LogP contribution in [0.1, 0.15) is 0 Å². The largest absolute Gasteiger partial charge is 0.457 e. The zero-order chi connectivity index (χ0) is 19.2. The number of para-hydroxylation sites is 1. The van der Waals surface area contributed by atoms with Gasteiger partial charge in [0.05, 0.1) is 0 Å². The van der Waals surface area contributed by atoms with Gasteiger partial charge in [0.25, 0.3) is 0 Å². The van der Waals surface area contributed by atoms with Crippen molar-refractivity contribution in [3.63, 3.8) is 0 Å². The van der Waals surface area contributed by atoms with Crippen LogP contribution in [0.4, 0.5) is 29.0 Å². The van der Waals surface area contributed by atoms with E-state index in [1.54, 1.807) is 12.1 Å². The maximum absolute atomic E-state index is 5.87. The maximum atomic E-state index is 5.87. The van der Waals surface area contributed by atoms with Gasteiger partial charge in [0.2, 0.25) is 0 Å². The van der Waals surface area contributed by atoms with Gasteiger partial charge in [-0.3, -0.25) is 0 Å². The van der Waals surface area contributed by atoms with Gasteiger partial charge < -0.3 is 21.1 Å². The van der Waals surface area contributed by atoms with Crippen molar-refractivity contribution < 1.29 is 4.74 Å². The van der Waals surface area contributed by atoms with Crippen molar-refractivity contribution in [3.05, 3.63) is 85.2 Å². The van der Waals surface area contributed by atoms with Crippen molar-refractivity contribution in [2.75, 3.05) is 16.4 Å². The molecule has 0 bridgehead atoms. The number of rotatable bonds is 6. The Kier molecular flexibility index (Phi) is 4.97. The molecule has 7 nitrogen and oxygen atoms in total. The molecule has 0 spiro atoms. The first-order chi connectivity index (χ1) is 13.7. The summed E-state index contributed by atoms with van der Waals surface area (Å²) in [5.41, 5.74) is 6.55. The lowest BCUT2D eigenvalue weighted by molar-refractivity contribution is 0.483. The molecule has 2 heterocycles. The van der Waals surface area contributed by atoms with E-state index in [1.165, 1.54) is 6.33 Å². The number of ether oxygens (including phenoxy) is 1. The number of benzene rings is 2. The summed E-state index contributed by atoms with van der Waals surface area (Å²) in [5.74, 6) is 3.80. The van der Waals surface area contributed by atoms with Crippen molar-refractivity contribution >= 4 is 29.0 Å². The number of anilines is 5. The number of hydrogen-bond donors (Lipinski definition) is 3. The number of nitrogen functional groups attached to an aromatic ring is 1. The highest BCUT2D eigenvalue weighted by Gasteiger charge is 2.03. The molecule has 28 heavy (non-hydrogen) atoms. The number of nitrogens with zero attached hydrogens (tertiary/aromatic N) is 3. The first kappa shape index (κ1) is 17.3. The number of pyridine rings is 1. The molecule has 0 aliphatic heterocycles. The molecule has 0 fully saturated rings. The maximum Gasteiger partial charge on any atom is 0.137 e. The van der Waals surface area contributed by atoms with Crippen LogP contribution < -0.4 is 21.1 Å². The molecule has 0 aliphatic rings. The fourth-order valence-corrected chi connectivity index (χ4v) is 2.56. The number of hydrogen-bond acceptors (Lipinski definition) is 7. The Balaban J connectivity index is 1.48. The van der Waals surface area contributed by atoms with Crippen LogP contribution in [0.25, 0.3) is 0 Å². The van der Waals surface area contributed by atoms with Crippen LogP contribution in [-0.4, -0.2) is 15.0 Å². The van der Waals surface area contributed by atoms with Gasteiger partial charge in [-0.15, -0.1) is 0 Å². The van der Waals surface area contributed by atoms with Crippen LogP contribution in [0.5, 0.6) is 11.5 Å². The molecule has 0 amide bonds. The Labute approximate surface area is 162 Å². The van der Waals surface area contributed by atoms with Gasteiger partial charge in [-0.1, -0.05) is 30.3 Å². The summed E-state index contributed by atoms with van der Waals surface area (Å²) < 4.78 is 5.87. The molecule has 0 aliphatic carbocycles. The first-order valence-corrected chi connectivity index (χ1v) is 8.66. The molecule has 7 heteroatoms. The smallest absolute Gasteiger partial charge is 0.137 e. The Morgan fingerprint density at radius 1 is 0.679 bits per heavy atom. The Bertz CT molecular complexity index is 1070. The van der Waals surface area contributed by atoms with Crippen LogP contribution in [0.2, 0.25) is 0 Å². The van der Waals surface area contributed by atoms with E-state index in [4.69, 9.17) is 10.5 Å². The van der Waals surface area contributed by atoms with E-state index in [1.807, 2.05) is 66.7 Å². The predicted molar refractivity (Wildman–Crippen MR) is 110 cm³/mol. The zero-order valence-corrected chi connectivity index (χ0v) is 14.9. The molecule has 0 saturated carbocycles. The lowest BCUT2D eigenvalue weighted by Gasteiger charge is -2.10. The molecule has 2 aromatic carbocycles. The number of nitrogens with two attached hydrogens (primary N) is 1. The highest BCUT2D eigenvalue weighted by molar-refractivity contribution is 5.63. The van der Waals surface area contributed by atoms with Gasteiger partial charge in [0, 0.05) is 17.8 Å². The average molecular weight is 370 g/mol. The summed E-state index contributed by atoms with van der Waals surface area (Å²) in [7, 11) is 0. The molecule has 0 radical (unpaired) electrons. The lowest BCUT2D eigenvalue weighted by atomic mass is 10.3. The summed E-state index contributed by atoms with van der Waals surface area (Å²) in [6, 6.07) is 24.4. The Morgan fingerprint density at radius 3 is 2.25 bits per heavy atom. The van der Waals surface area contributed by atoms with Crippen molar-refractivity contribution in [2.24, 2.45) is 0 Å². The topological polar surface area (TPSA) is 98.0 Å². The normalized spacial score (nSPS) is 10.3. The number of aromatic nitrogens is 3. The third-order valence-electron chi connectivity index (χ3n) is 3.78. The summed E-state index contributed by atoms with van der Waals surface area (Å²) in [6.07, 6.45) is 1.47. The molecule has 0 unspecified atom stereocenters. The van der Waals surface area contributed by atoms with E-state index in [0.29, 0.717) is 23.3 Å². The summed E-state index contributed by atoms with van der Waals surface area (Å²) in [5, 5.41) is 6.36. The summed E-state index contributed by atoms with van der Waals surface area (Å²) in [4.78, 5) is 12.7. The van der Waals surface area contributed by atoms with Gasteiger partial charge >= 0.3 is 0 Å². The molecule has 0 saturated heterocycles. The molecule has 0 atom stereocenters. The van der Waals surface area contributed by atoms with Crippen LogP contribution in [0.15, 0.2) is 85.2 Å². The SMILES string of the molecule is Nc1cccc(Nc2cc(Nc3cccc(Oc4ccccc4)c3)ncn2)n1. The molecular formula is C21H18N6O. The molecule has 138 valence electrons. The summed E-state index contributed by atoms with van der Waals surface area (Å²) in [6.45, 7) is 0. The van der Waals surface area contributed by atoms with Crippen LogP contribution in [0.3, 0.4) is 0 Å². The van der Waals surface area contributed by atoms with Crippen molar-refractivity contribution in [3.8, 4) is 11.5 Å². The fourth-order valence-electron chi connectivity index (χ4n) is 2.56. The predicted octanol–water partition coefficient (Wildman–Crippen LogP) is 4.73. The second kappa shape index (κ2) is 8.05. The van der Waals surface area contributed by atoms with Gasteiger partial charge in [0.15, 0.2) is 0 Å². The van der Waals surface area contributed by atoms with Crippen molar-refractivity contribution in [2.45, 2.75) is 0 Å². The van der Waals surface area contributed by atoms with Gasteiger partial charge in [0.1, 0.15) is 41.1 Å². The summed E-state index contributed by atoms with van der Waals surface area (Å²) >= 11 is 0. The van der Waals surface area contributed by atoms with Crippen LogP contribution in [0, 0.1) is 0 Å². The first-order valence-electron chi connectivity index (χ1n) is 8.66. The minimum atomic E-state index is 0.438. The molecular weight excluding hydrogens is 352 g/mol. The second-order valence-electron chi connectivity index (χ2n) is 5.93. The monoisotopic (exact) mass is 370 g/mol.